The Morgan fingerprint density at radius 2 is 1.89 bits per heavy atom. The Kier molecular flexibility index (Phi) is 5.50. The number of piperidine rings is 1. The van der Waals surface area contributed by atoms with Gasteiger partial charge in [-0.25, -0.2) is 4.98 Å². The van der Waals surface area contributed by atoms with Gasteiger partial charge in [0.1, 0.15) is 16.5 Å². The van der Waals surface area contributed by atoms with E-state index >= 15 is 0 Å². The van der Waals surface area contributed by atoms with Crippen LogP contribution in [0.15, 0.2) is 54.0 Å². The summed E-state index contributed by atoms with van der Waals surface area (Å²) in [5.74, 6) is 0.659. The van der Waals surface area contributed by atoms with Crippen LogP contribution < -0.4 is 4.74 Å². The molecule has 4 rings (SSSR count). The largest absolute Gasteiger partial charge is 0.460 e. The van der Waals surface area contributed by atoms with Crippen LogP contribution in [0.5, 0.6) is 5.75 Å². The Morgan fingerprint density at radius 3 is 2.57 bits per heavy atom. The number of hydrogen-bond donors (Lipinski definition) is 0. The first-order chi connectivity index (χ1) is 13.7. The van der Waals surface area contributed by atoms with Crippen molar-refractivity contribution in [3.8, 4) is 16.3 Å². The van der Waals surface area contributed by atoms with E-state index in [0.29, 0.717) is 11.4 Å². The Bertz CT molecular complexity index is 920. The normalized spacial score (nSPS) is 17.0. The lowest BCUT2D eigenvalue weighted by atomic mass is 10.0. The summed E-state index contributed by atoms with van der Waals surface area (Å²) in [5, 5.41) is 2.77. The predicted octanol–water partition coefficient (Wildman–Crippen LogP) is 4.43. The van der Waals surface area contributed by atoms with Crippen molar-refractivity contribution in [2.45, 2.75) is 31.9 Å². The van der Waals surface area contributed by atoms with Gasteiger partial charge in [-0.3, -0.25) is 14.7 Å². The van der Waals surface area contributed by atoms with E-state index in [9.17, 15) is 4.79 Å². The number of carbonyl (C=O) groups excluding carboxylic acids is 1. The van der Waals surface area contributed by atoms with E-state index in [1.165, 1.54) is 17.8 Å². The molecule has 5 nitrogen and oxygen atoms in total. The Balaban J connectivity index is 1.74. The molecule has 0 saturated carbocycles. The fourth-order valence-corrected chi connectivity index (χ4v) is 4.35. The molecule has 1 fully saturated rings. The molecule has 2 aromatic heterocycles. The summed E-state index contributed by atoms with van der Waals surface area (Å²) in [6, 6.07) is 13.5. The van der Waals surface area contributed by atoms with Crippen molar-refractivity contribution in [2.24, 2.45) is 0 Å². The number of pyridine rings is 1. The van der Waals surface area contributed by atoms with Crippen molar-refractivity contribution in [3.05, 3.63) is 65.4 Å². The van der Waals surface area contributed by atoms with Crippen molar-refractivity contribution in [1.82, 2.24) is 14.9 Å². The van der Waals surface area contributed by atoms with Crippen molar-refractivity contribution < 1.29 is 9.53 Å². The number of carbonyl (C=O) groups is 1. The Labute approximate surface area is 169 Å². The molecule has 1 saturated heterocycles. The summed E-state index contributed by atoms with van der Waals surface area (Å²) < 4.78 is 6.33. The van der Waals surface area contributed by atoms with Crippen LogP contribution in [-0.4, -0.2) is 34.2 Å². The van der Waals surface area contributed by atoms with Crippen LogP contribution in [0.4, 0.5) is 0 Å². The Morgan fingerprint density at radius 1 is 1.11 bits per heavy atom. The number of hydrogen-bond acceptors (Lipinski definition) is 6. The third-order valence-electron chi connectivity index (χ3n) is 5.03. The first kappa shape index (κ1) is 18.8. The number of aryl methyl sites for hydroxylation is 1. The number of aldehydes is 1. The maximum Gasteiger partial charge on any atom is 0.263 e. The molecule has 0 N–H and O–H groups in total. The maximum absolute atomic E-state index is 12.5. The second kappa shape index (κ2) is 8.20. The average molecular weight is 394 g/mol. The van der Waals surface area contributed by atoms with Gasteiger partial charge in [-0.05, 0) is 44.0 Å². The molecule has 3 aromatic rings. The minimum absolute atomic E-state index is 0.633. The summed E-state index contributed by atoms with van der Waals surface area (Å²) in [5.41, 5.74) is 1.33. The van der Waals surface area contributed by atoms with Crippen molar-refractivity contribution in [3.63, 3.8) is 0 Å². The van der Waals surface area contributed by atoms with Crippen LogP contribution in [0.25, 0.3) is 10.6 Å². The van der Waals surface area contributed by atoms with Gasteiger partial charge in [0.05, 0.1) is 0 Å². The van der Waals surface area contributed by atoms with E-state index in [2.05, 4.69) is 9.88 Å². The van der Waals surface area contributed by atoms with E-state index in [0.717, 1.165) is 48.5 Å². The van der Waals surface area contributed by atoms with Gasteiger partial charge in [0.25, 0.3) is 5.72 Å². The third-order valence-corrected chi connectivity index (χ3v) is 5.92. The highest BCUT2D eigenvalue weighted by molar-refractivity contribution is 7.13. The van der Waals surface area contributed by atoms with Crippen molar-refractivity contribution >= 4 is 17.6 Å². The second-order valence-electron chi connectivity index (χ2n) is 7.00. The van der Waals surface area contributed by atoms with E-state index in [4.69, 9.17) is 9.72 Å². The summed E-state index contributed by atoms with van der Waals surface area (Å²) in [6.07, 6.45) is 5.99. The number of nitrogens with zero attached hydrogens (tertiary/aromatic N) is 3. The number of benzene rings is 1. The molecule has 1 unspecified atom stereocenters. The molecule has 1 atom stereocenters. The Hall–Kier alpha value is -2.57. The number of ether oxygens (including phenoxy) is 1. The van der Waals surface area contributed by atoms with Gasteiger partial charge in [-0.15, -0.1) is 11.3 Å². The van der Waals surface area contributed by atoms with Gasteiger partial charge in [0.2, 0.25) is 0 Å². The number of aromatic nitrogens is 2. The zero-order valence-corrected chi connectivity index (χ0v) is 16.7. The van der Waals surface area contributed by atoms with E-state index in [1.807, 2.05) is 61.0 Å². The summed E-state index contributed by atoms with van der Waals surface area (Å²) in [6.45, 7) is 3.58. The van der Waals surface area contributed by atoms with Crippen molar-refractivity contribution in [2.75, 3.05) is 13.1 Å². The lowest BCUT2D eigenvalue weighted by Crippen LogP contribution is -2.54. The number of thiazole rings is 1. The van der Waals surface area contributed by atoms with Crippen LogP contribution in [-0.2, 0) is 10.5 Å². The molecular weight excluding hydrogens is 370 g/mol. The topological polar surface area (TPSA) is 55.3 Å². The molecule has 0 aliphatic carbocycles. The van der Waals surface area contributed by atoms with Gasteiger partial charge in [-0.1, -0.05) is 24.6 Å². The van der Waals surface area contributed by atoms with Crippen LogP contribution in [0, 0.1) is 6.92 Å². The van der Waals surface area contributed by atoms with Crippen LogP contribution in [0.1, 0.15) is 30.7 Å². The zero-order chi connectivity index (χ0) is 19.4. The molecule has 0 radical (unpaired) electrons. The smallest absolute Gasteiger partial charge is 0.263 e. The van der Waals surface area contributed by atoms with Gasteiger partial charge in [-0.2, -0.15) is 0 Å². The SMILES string of the molecule is Cc1ccc(-c2nc(C(C=O)(Oc3ccccc3)N3CCCCC3)cs2)cn1. The van der Waals surface area contributed by atoms with E-state index in [-0.39, 0.29) is 0 Å². The molecule has 1 aliphatic rings. The highest BCUT2D eigenvalue weighted by Gasteiger charge is 2.44. The summed E-state index contributed by atoms with van der Waals surface area (Å²) in [4.78, 5) is 23.8. The number of rotatable bonds is 6. The third kappa shape index (κ3) is 3.70. The number of likely N-dealkylation sites (tertiary alicyclic amines) is 1. The quantitative estimate of drug-likeness (QED) is 0.580. The lowest BCUT2D eigenvalue weighted by molar-refractivity contribution is -0.146. The zero-order valence-electron chi connectivity index (χ0n) is 15.9. The highest BCUT2D eigenvalue weighted by atomic mass is 32.1. The minimum atomic E-state index is -1.21. The molecule has 6 heteroatoms. The maximum atomic E-state index is 12.5. The van der Waals surface area contributed by atoms with Crippen molar-refractivity contribution in [1.29, 1.82) is 0 Å². The van der Waals surface area contributed by atoms with E-state index in [1.54, 1.807) is 0 Å². The molecular formula is C22H23N3O2S. The van der Waals surface area contributed by atoms with Crippen LogP contribution in [0.2, 0.25) is 0 Å². The molecule has 1 aliphatic heterocycles. The molecule has 144 valence electrons. The fraction of sp³-hybridized carbons (Fsp3) is 0.318. The molecule has 0 spiro atoms. The molecule has 28 heavy (non-hydrogen) atoms. The monoisotopic (exact) mass is 393 g/mol. The predicted molar refractivity (Wildman–Crippen MR) is 110 cm³/mol. The van der Waals surface area contributed by atoms with Gasteiger partial charge in [0.15, 0.2) is 6.29 Å². The lowest BCUT2D eigenvalue weighted by Gasteiger charge is -2.40. The van der Waals surface area contributed by atoms with Gasteiger partial charge >= 0.3 is 0 Å². The molecule has 0 amide bonds. The highest BCUT2D eigenvalue weighted by Crippen LogP contribution is 2.35. The average Bonchev–Trinajstić information content (AvgIpc) is 3.25. The number of para-hydroxylation sites is 1. The van der Waals surface area contributed by atoms with Gasteiger partial charge in [0, 0.05) is 35.9 Å². The molecule has 1 aromatic carbocycles. The fourth-order valence-electron chi connectivity index (χ4n) is 3.50. The first-order valence-corrected chi connectivity index (χ1v) is 10.4. The van der Waals surface area contributed by atoms with E-state index < -0.39 is 5.72 Å². The summed E-state index contributed by atoms with van der Waals surface area (Å²) in [7, 11) is 0. The van der Waals surface area contributed by atoms with Gasteiger partial charge < -0.3 is 4.74 Å². The second-order valence-corrected chi connectivity index (χ2v) is 7.86. The van der Waals surface area contributed by atoms with Crippen LogP contribution in [0.3, 0.4) is 0 Å². The first-order valence-electron chi connectivity index (χ1n) is 9.56. The molecule has 0 bridgehead atoms. The standard InChI is InChI=1S/C22H23N3O2S/c1-17-10-11-18(14-23-17)21-24-20(15-28-21)22(16-26,25-12-6-3-7-13-25)27-19-8-4-2-5-9-19/h2,4-5,8-11,14-16H,3,6-7,12-13H2,1H3. The minimum Gasteiger partial charge on any atom is -0.460 e. The summed E-state index contributed by atoms with van der Waals surface area (Å²) >= 11 is 1.51. The van der Waals surface area contributed by atoms with Crippen LogP contribution >= 0.6 is 11.3 Å². The molecule has 3 heterocycles.